The number of benzene rings is 1. The fourth-order valence-corrected chi connectivity index (χ4v) is 3.71. The molecular weight excluding hydrogens is 474 g/mol. The number of rotatable bonds is 7. The van der Waals surface area contributed by atoms with E-state index >= 15 is 0 Å². The summed E-state index contributed by atoms with van der Waals surface area (Å²) in [6, 6.07) is 5.56. The molecule has 33 heavy (non-hydrogen) atoms. The summed E-state index contributed by atoms with van der Waals surface area (Å²) in [5.41, 5.74) is 0. The Hall–Kier alpha value is -2.44. The molecule has 8 nitrogen and oxygen atoms in total. The van der Waals surface area contributed by atoms with Crippen molar-refractivity contribution in [1.82, 2.24) is 15.5 Å². The van der Waals surface area contributed by atoms with E-state index in [-0.39, 0.29) is 50.2 Å². The first kappa shape index (κ1) is 23.7. The van der Waals surface area contributed by atoms with E-state index < -0.39 is 36.7 Å². The summed E-state index contributed by atoms with van der Waals surface area (Å²) >= 11 is 5.78. The van der Waals surface area contributed by atoms with Gasteiger partial charge >= 0.3 is 6.36 Å². The maximum absolute atomic E-state index is 14.6. The van der Waals surface area contributed by atoms with Crippen molar-refractivity contribution < 1.29 is 41.0 Å². The molecule has 2 heterocycles. The van der Waals surface area contributed by atoms with Crippen LogP contribution in [0.4, 0.5) is 17.6 Å². The second-order valence-corrected chi connectivity index (χ2v) is 8.26. The number of hydrogen-bond donors (Lipinski definition) is 1. The lowest BCUT2D eigenvalue weighted by atomic mass is 9.82. The van der Waals surface area contributed by atoms with Gasteiger partial charge in [0.25, 0.3) is 5.91 Å². The van der Waals surface area contributed by atoms with E-state index in [2.05, 4.69) is 20.3 Å². The predicted octanol–water partition coefficient (Wildman–Crippen LogP) is 3.87. The molecule has 1 aliphatic carbocycles. The highest BCUT2D eigenvalue weighted by molar-refractivity contribution is 6.30. The van der Waals surface area contributed by atoms with Crippen molar-refractivity contribution in [2.24, 2.45) is 0 Å². The zero-order chi connectivity index (χ0) is 23.6. The van der Waals surface area contributed by atoms with Gasteiger partial charge in [-0.05, 0) is 37.1 Å². The van der Waals surface area contributed by atoms with Gasteiger partial charge in [-0.3, -0.25) is 9.53 Å². The number of hydrogen-bond acceptors (Lipinski definition) is 7. The van der Waals surface area contributed by atoms with Crippen molar-refractivity contribution >= 4 is 17.5 Å². The molecular formula is C20H20ClF4N3O5. The monoisotopic (exact) mass is 493 g/mol. The number of halogens is 5. The van der Waals surface area contributed by atoms with Gasteiger partial charge in [-0.15, -0.1) is 23.4 Å². The van der Waals surface area contributed by atoms with Gasteiger partial charge < -0.3 is 19.2 Å². The number of carbonyl (C=O) groups excluding carboxylic acids is 1. The first-order valence-electron chi connectivity index (χ1n) is 10.2. The van der Waals surface area contributed by atoms with Crippen molar-refractivity contribution in [3.05, 3.63) is 41.1 Å². The number of ether oxygens (including phenoxy) is 3. The van der Waals surface area contributed by atoms with E-state index in [1.54, 1.807) is 24.3 Å². The van der Waals surface area contributed by atoms with Gasteiger partial charge in [0.05, 0.1) is 18.8 Å². The van der Waals surface area contributed by atoms with Crippen LogP contribution in [0, 0.1) is 0 Å². The van der Waals surface area contributed by atoms with E-state index in [1.165, 1.54) is 0 Å². The lowest BCUT2D eigenvalue weighted by molar-refractivity contribution is -0.352. The zero-order valence-corrected chi connectivity index (χ0v) is 17.8. The number of carbonyl (C=O) groups is 1. The van der Waals surface area contributed by atoms with Crippen molar-refractivity contribution in [1.29, 1.82) is 0 Å². The highest BCUT2D eigenvalue weighted by Crippen LogP contribution is 2.41. The van der Waals surface area contributed by atoms with Crippen LogP contribution in [-0.2, 0) is 14.3 Å². The fraction of sp³-hybridized carbons (Fsp3) is 0.550. The highest BCUT2D eigenvalue weighted by Gasteiger charge is 2.43. The van der Waals surface area contributed by atoms with Gasteiger partial charge in [-0.25, -0.2) is 4.39 Å². The van der Waals surface area contributed by atoms with Gasteiger partial charge in [-0.2, -0.15) is 0 Å². The van der Waals surface area contributed by atoms with Crippen molar-refractivity contribution in [2.45, 2.75) is 56.0 Å². The fourth-order valence-electron chi connectivity index (χ4n) is 3.59. The van der Waals surface area contributed by atoms with Gasteiger partial charge in [-0.1, -0.05) is 11.6 Å². The van der Waals surface area contributed by atoms with Crippen LogP contribution in [0.25, 0.3) is 0 Å². The molecule has 2 fully saturated rings. The minimum Gasteiger partial charge on any atom is -0.484 e. The molecule has 2 aromatic rings. The Balaban J connectivity index is 1.22. The summed E-state index contributed by atoms with van der Waals surface area (Å²) in [6.07, 6.45) is -7.81. The maximum Gasteiger partial charge on any atom is 0.522 e. The molecule has 1 aromatic carbocycles. The molecule has 1 saturated heterocycles. The molecule has 0 radical (unpaired) electrons. The standard InChI is InChI=1S/C20H20ClF4N3O5/c21-11-1-3-12(4-2-11)30-9-17(29)26-15-8-31-16(7-14(15)22)19-28-27-18(32-19)10-5-13(6-10)33-20(23,24)25/h1-4,10,13-16H,5-9H2,(H,26,29)/t10-,13+,14-,15+,16+/m0/s1. The van der Waals surface area contributed by atoms with E-state index in [4.69, 9.17) is 25.5 Å². The molecule has 1 amide bonds. The summed E-state index contributed by atoms with van der Waals surface area (Å²) < 4.78 is 71.6. The van der Waals surface area contributed by atoms with E-state index in [1.807, 2.05) is 0 Å². The third kappa shape index (κ3) is 6.33. The molecule has 0 bridgehead atoms. The Kier molecular flexibility index (Phi) is 7.05. The van der Waals surface area contributed by atoms with Crippen molar-refractivity contribution in [3.63, 3.8) is 0 Å². The second kappa shape index (κ2) is 9.82. The second-order valence-electron chi connectivity index (χ2n) is 7.82. The van der Waals surface area contributed by atoms with Crippen molar-refractivity contribution in [2.75, 3.05) is 13.2 Å². The van der Waals surface area contributed by atoms with Crippen LogP contribution < -0.4 is 10.1 Å². The number of amides is 1. The molecule has 1 aromatic heterocycles. The minimum absolute atomic E-state index is 0.0451. The number of nitrogens with one attached hydrogen (secondary N) is 1. The summed E-state index contributed by atoms with van der Waals surface area (Å²) in [4.78, 5) is 12.1. The number of nitrogens with zero attached hydrogens (tertiary/aromatic N) is 2. The van der Waals surface area contributed by atoms with Gasteiger partial charge in [0, 0.05) is 17.4 Å². The first-order chi connectivity index (χ1) is 15.7. The molecule has 180 valence electrons. The topological polar surface area (TPSA) is 95.7 Å². The maximum atomic E-state index is 14.6. The quantitative estimate of drug-likeness (QED) is 0.585. The van der Waals surface area contributed by atoms with Gasteiger partial charge in [0.15, 0.2) is 6.61 Å². The minimum atomic E-state index is -4.68. The Bertz CT molecular complexity index is 952. The van der Waals surface area contributed by atoms with Crippen LogP contribution in [0.15, 0.2) is 28.7 Å². The summed E-state index contributed by atoms with van der Waals surface area (Å²) in [7, 11) is 0. The number of aromatic nitrogens is 2. The SMILES string of the molecule is O=C(COc1ccc(Cl)cc1)N[C@@H]1CO[C@@H](c2nnc([C@H]3C[C@@H](OC(F)(F)F)C3)o2)C[C@@H]1F. The Morgan fingerprint density at radius 1 is 1.15 bits per heavy atom. The largest absolute Gasteiger partial charge is 0.522 e. The molecule has 1 N–H and O–H groups in total. The molecule has 1 saturated carbocycles. The van der Waals surface area contributed by atoms with E-state index in [0.717, 1.165) is 0 Å². The molecule has 0 spiro atoms. The van der Waals surface area contributed by atoms with Crippen LogP contribution >= 0.6 is 11.6 Å². The van der Waals surface area contributed by atoms with E-state index in [0.29, 0.717) is 10.8 Å². The van der Waals surface area contributed by atoms with Crippen LogP contribution in [-0.4, -0.2) is 54.0 Å². The lowest BCUT2D eigenvalue weighted by Gasteiger charge is -2.33. The van der Waals surface area contributed by atoms with Crippen LogP contribution in [0.5, 0.6) is 5.75 Å². The summed E-state index contributed by atoms with van der Waals surface area (Å²) in [6.45, 7) is -0.428. The van der Waals surface area contributed by atoms with Crippen LogP contribution in [0.3, 0.4) is 0 Å². The molecule has 0 unspecified atom stereocenters. The van der Waals surface area contributed by atoms with Crippen LogP contribution in [0.1, 0.15) is 43.1 Å². The average Bonchev–Trinajstić information content (AvgIpc) is 3.20. The van der Waals surface area contributed by atoms with Crippen molar-refractivity contribution in [3.8, 4) is 5.75 Å². The molecule has 2 aliphatic rings. The Labute approximate surface area is 190 Å². The van der Waals surface area contributed by atoms with Crippen LogP contribution in [0.2, 0.25) is 5.02 Å². The molecule has 3 atom stereocenters. The molecule has 4 rings (SSSR count). The smallest absolute Gasteiger partial charge is 0.484 e. The normalized spacial score (nSPS) is 27.6. The average molecular weight is 494 g/mol. The Morgan fingerprint density at radius 2 is 1.85 bits per heavy atom. The van der Waals surface area contributed by atoms with Gasteiger partial charge in [0.1, 0.15) is 18.0 Å². The van der Waals surface area contributed by atoms with Gasteiger partial charge in [0.2, 0.25) is 11.8 Å². The highest BCUT2D eigenvalue weighted by atomic mass is 35.5. The summed E-state index contributed by atoms with van der Waals surface area (Å²) in [5.74, 6) is -0.206. The molecule has 13 heteroatoms. The zero-order valence-electron chi connectivity index (χ0n) is 17.1. The summed E-state index contributed by atoms with van der Waals surface area (Å²) in [5, 5.41) is 10.7. The first-order valence-corrected chi connectivity index (χ1v) is 10.6. The Morgan fingerprint density at radius 3 is 2.52 bits per heavy atom. The third-order valence-electron chi connectivity index (χ3n) is 5.36. The van der Waals surface area contributed by atoms with E-state index in [9.17, 15) is 22.4 Å². The third-order valence-corrected chi connectivity index (χ3v) is 5.61. The lowest BCUT2D eigenvalue weighted by Crippen LogP contribution is -2.49. The number of alkyl halides is 4. The predicted molar refractivity (Wildman–Crippen MR) is 104 cm³/mol. The molecule has 1 aliphatic heterocycles.